The van der Waals surface area contributed by atoms with Crippen LogP contribution in [0.1, 0.15) is 0 Å². The first-order valence-electron chi connectivity index (χ1n) is 3.27. The molecule has 0 atom stereocenters. The highest BCUT2D eigenvalue weighted by Crippen LogP contribution is 2.11. The van der Waals surface area contributed by atoms with Gasteiger partial charge in [0.1, 0.15) is 5.52 Å². The fraction of sp³-hybridized carbons (Fsp3) is 0. The van der Waals surface area contributed by atoms with Crippen molar-refractivity contribution in [1.82, 2.24) is 19.9 Å². The average molecular weight is 199 g/mol. The van der Waals surface area contributed by atoms with Gasteiger partial charge >= 0.3 is 0 Å². The fourth-order valence-corrected chi connectivity index (χ4v) is 0.903. The summed E-state index contributed by atoms with van der Waals surface area (Å²) in [4.78, 5) is 15.5. The Morgan fingerprint density at radius 2 is 1.69 bits per heavy atom. The van der Waals surface area contributed by atoms with E-state index in [4.69, 9.17) is 11.5 Å². The standard InChI is InChI=1S/C6H6N6.ClH/c7-4-3-5(10-2-1-9-3)12-6(8)11-4;/h1-2H,(H4,7,8,10,11,12);1H. The van der Waals surface area contributed by atoms with Crippen LogP contribution in [0.5, 0.6) is 0 Å². The number of nitrogens with zero attached hydrogens (tertiary/aromatic N) is 4. The first-order chi connectivity index (χ1) is 5.77. The van der Waals surface area contributed by atoms with Crippen molar-refractivity contribution in [3.63, 3.8) is 0 Å². The zero-order valence-electron chi connectivity index (χ0n) is 6.51. The van der Waals surface area contributed by atoms with Crippen LogP contribution < -0.4 is 11.5 Å². The van der Waals surface area contributed by atoms with Crippen molar-refractivity contribution in [2.24, 2.45) is 0 Å². The summed E-state index contributed by atoms with van der Waals surface area (Å²) in [6.07, 6.45) is 3.05. The van der Waals surface area contributed by atoms with Gasteiger partial charge in [-0.05, 0) is 0 Å². The summed E-state index contributed by atoms with van der Waals surface area (Å²) in [6.45, 7) is 0. The fourth-order valence-electron chi connectivity index (χ4n) is 0.903. The third-order valence-electron chi connectivity index (χ3n) is 1.38. The van der Waals surface area contributed by atoms with Crippen LogP contribution in [-0.4, -0.2) is 19.9 Å². The number of nitrogen functional groups attached to an aromatic ring is 2. The van der Waals surface area contributed by atoms with Crippen LogP contribution in [0, 0.1) is 0 Å². The Morgan fingerprint density at radius 3 is 2.46 bits per heavy atom. The van der Waals surface area contributed by atoms with Crippen molar-refractivity contribution in [3.05, 3.63) is 12.4 Å². The molecule has 2 aromatic rings. The molecule has 0 saturated heterocycles. The molecule has 0 radical (unpaired) electrons. The van der Waals surface area contributed by atoms with Gasteiger partial charge in [0, 0.05) is 12.4 Å². The van der Waals surface area contributed by atoms with Gasteiger partial charge in [0.15, 0.2) is 11.5 Å². The molecule has 0 saturated carbocycles. The summed E-state index contributed by atoms with van der Waals surface area (Å²) in [5, 5.41) is 0. The van der Waals surface area contributed by atoms with Crippen molar-refractivity contribution < 1.29 is 0 Å². The zero-order chi connectivity index (χ0) is 8.55. The SMILES string of the molecule is Cl.Nc1nc(N)c2nccnc2n1. The van der Waals surface area contributed by atoms with Gasteiger partial charge in [-0.3, -0.25) is 0 Å². The third-order valence-corrected chi connectivity index (χ3v) is 1.38. The second-order valence-electron chi connectivity index (χ2n) is 2.20. The number of halogens is 1. The first kappa shape index (κ1) is 9.40. The Hall–Kier alpha value is -1.69. The van der Waals surface area contributed by atoms with Crippen molar-refractivity contribution in [2.75, 3.05) is 11.5 Å². The molecule has 7 heteroatoms. The lowest BCUT2D eigenvalue weighted by Gasteiger charge is -1.98. The maximum absolute atomic E-state index is 5.52. The minimum absolute atomic E-state index is 0. The number of nitrogens with two attached hydrogens (primary N) is 2. The number of anilines is 2. The van der Waals surface area contributed by atoms with Gasteiger partial charge in [-0.15, -0.1) is 12.4 Å². The highest BCUT2D eigenvalue weighted by molar-refractivity contribution is 5.85. The van der Waals surface area contributed by atoms with Gasteiger partial charge in [0.2, 0.25) is 5.95 Å². The molecule has 0 aliphatic rings. The van der Waals surface area contributed by atoms with E-state index < -0.39 is 0 Å². The highest BCUT2D eigenvalue weighted by atomic mass is 35.5. The number of hydrogen-bond donors (Lipinski definition) is 2. The van der Waals surface area contributed by atoms with Gasteiger partial charge in [-0.1, -0.05) is 0 Å². The van der Waals surface area contributed by atoms with Gasteiger partial charge in [0.05, 0.1) is 0 Å². The Labute approximate surface area is 79.8 Å². The summed E-state index contributed by atoms with van der Waals surface area (Å²) < 4.78 is 0. The molecule has 0 bridgehead atoms. The van der Waals surface area contributed by atoms with Gasteiger partial charge in [-0.2, -0.15) is 9.97 Å². The molecule has 4 N–H and O–H groups in total. The lowest BCUT2D eigenvalue weighted by Crippen LogP contribution is -2.02. The minimum Gasteiger partial charge on any atom is -0.382 e. The predicted molar refractivity (Wildman–Crippen MR) is 51.2 cm³/mol. The molecule has 2 rings (SSSR count). The van der Waals surface area contributed by atoms with E-state index in [2.05, 4.69) is 19.9 Å². The summed E-state index contributed by atoms with van der Waals surface area (Å²) in [7, 11) is 0. The van der Waals surface area contributed by atoms with E-state index in [0.717, 1.165) is 0 Å². The lowest BCUT2D eigenvalue weighted by molar-refractivity contribution is 1.16. The van der Waals surface area contributed by atoms with E-state index in [0.29, 0.717) is 11.2 Å². The summed E-state index contributed by atoms with van der Waals surface area (Å²) >= 11 is 0. The van der Waals surface area contributed by atoms with E-state index in [1.165, 1.54) is 12.4 Å². The second-order valence-corrected chi connectivity index (χ2v) is 2.20. The zero-order valence-corrected chi connectivity index (χ0v) is 7.32. The average Bonchev–Trinajstić information content (AvgIpc) is 2.04. The smallest absolute Gasteiger partial charge is 0.224 e. The van der Waals surface area contributed by atoms with E-state index in [9.17, 15) is 0 Å². The van der Waals surface area contributed by atoms with E-state index >= 15 is 0 Å². The van der Waals surface area contributed by atoms with Gasteiger partial charge in [0.25, 0.3) is 0 Å². The molecule has 0 unspecified atom stereocenters. The summed E-state index contributed by atoms with van der Waals surface area (Å²) in [5.41, 5.74) is 11.8. The normalized spacial score (nSPS) is 9.54. The monoisotopic (exact) mass is 198 g/mol. The van der Waals surface area contributed by atoms with Crippen molar-refractivity contribution in [3.8, 4) is 0 Å². The summed E-state index contributed by atoms with van der Waals surface area (Å²) in [5.74, 6) is 0.367. The predicted octanol–water partition coefficient (Wildman–Crippen LogP) is 0.00600. The molecule has 0 aromatic carbocycles. The van der Waals surface area contributed by atoms with E-state index in [-0.39, 0.29) is 24.2 Å². The second kappa shape index (κ2) is 3.36. The Balaban J connectivity index is 0.000000845. The Kier molecular flexibility index (Phi) is 2.43. The maximum Gasteiger partial charge on any atom is 0.224 e. The molecule has 0 aliphatic heterocycles. The number of aromatic nitrogens is 4. The summed E-state index contributed by atoms with van der Waals surface area (Å²) in [6, 6.07) is 0. The molecule has 0 spiro atoms. The van der Waals surface area contributed by atoms with Crippen LogP contribution in [0.2, 0.25) is 0 Å². The molecular formula is C6H7ClN6. The van der Waals surface area contributed by atoms with Gasteiger partial charge in [-0.25, -0.2) is 9.97 Å². The van der Waals surface area contributed by atoms with Crippen molar-refractivity contribution >= 4 is 35.3 Å². The van der Waals surface area contributed by atoms with Crippen LogP contribution in [-0.2, 0) is 0 Å². The van der Waals surface area contributed by atoms with Crippen molar-refractivity contribution in [1.29, 1.82) is 0 Å². The number of hydrogen-bond acceptors (Lipinski definition) is 6. The largest absolute Gasteiger partial charge is 0.382 e. The van der Waals surface area contributed by atoms with Crippen LogP contribution in [0.15, 0.2) is 12.4 Å². The van der Waals surface area contributed by atoms with Gasteiger partial charge < -0.3 is 11.5 Å². The molecule has 0 aliphatic carbocycles. The number of rotatable bonds is 0. The lowest BCUT2D eigenvalue weighted by atomic mass is 10.5. The molecule has 68 valence electrons. The van der Waals surface area contributed by atoms with Crippen LogP contribution in [0.25, 0.3) is 11.2 Å². The Morgan fingerprint density at radius 1 is 1.00 bits per heavy atom. The number of fused-ring (bicyclic) bond motifs is 1. The quantitative estimate of drug-likeness (QED) is 0.618. The van der Waals surface area contributed by atoms with E-state index in [1.54, 1.807) is 0 Å². The highest BCUT2D eigenvalue weighted by Gasteiger charge is 2.03. The van der Waals surface area contributed by atoms with Crippen molar-refractivity contribution in [2.45, 2.75) is 0 Å². The van der Waals surface area contributed by atoms with Crippen LogP contribution in [0.4, 0.5) is 11.8 Å². The minimum atomic E-state index is 0. The molecule has 6 nitrogen and oxygen atoms in total. The van der Waals surface area contributed by atoms with E-state index in [1.807, 2.05) is 0 Å². The molecule has 2 aromatic heterocycles. The molecular weight excluding hydrogens is 192 g/mol. The van der Waals surface area contributed by atoms with Crippen LogP contribution in [0.3, 0.4) is 0 Å². The molecule has 0 amide bonds. The molecule has 0 fully saturated rings. The topological polar surface area (TPSA) is 104 Å². The Bertz CT molecular complexity index is 430. The molecule has 2 heterocycles. The first-order valence-corrected chi connectivity index (χ1v) is 3.27. The molecule has 13 heavy (non-hydrogen) atoms. The maximum atomic E-state index is 5.52. The van der Waals surface area contributed by atoms with Crippen LogP contribution >= 0.6 is 12.4 Å². The third kappa shape index (κ3) is 1.57.